The number of aryl methyl sites for hydroxylation is 1. The number of carboxylic acids is 1. The molecule has 172 valence electrons. The van der Waals surface area contributed by atoms with Gasteiger partial charge < -0.3 is 19.7 Å². The summed E-state index contributed by atoms with van der Waals surface area (Å²) in [5.74, 6) is -0.742. The van der Waals surface area contributed by atoms with Gasteiger partial charge in [0.15, 0.2) is 0 Å². The normalized spacial score (nSPS) is 10.7. The zero-order valence-electron chi connectivity index (χ0n) is 18.7. The highest BCUT2D eigenvalue weighted by Gasteiger charge is 2.18. The fraction of sp³-hybridized carbons (Fsp3) is 0.111. The lowest BCUT2D eigenvalue weighted by atomic mass is 10.1. The molecule has 0 fully saturated rings. The lowest BCUT2D eigenvalue weighted by Crippen LogP contribution is -2.12. The summed E-state index contributed by atoms with van der Waals surface area (Å²) >= 11 is 3.56. The van der Waals surface area contributed by atoms with E-state index in [1.807, 2.05) is 72.2 Å². The average Bonchev–Trinajstić information content (AvgIpc) is 3.20. The van der Waals surface area contributed by atoms with Crippen LogP contribution in [-0.2, 0) is 11.4 Å². The van der Waals surface area contributed by atoms with Gasteiger partial charge in [-0.3, -0.25) is 4.79 Å². The van der Waals surface area contributed by atoms with Gasteiger partial charge in [0, 0.05) is 28.3 Å². The molecule has 4 rings (SSSR count). The molecule has 0 saturated carbocycles. The first-order valence-corrected chi connectivity index (χ1v) is 11.4. The SMILES string of the molecule is CC(=O)Nc1ccc(-n2c(C)ccc2-c2cc(Br)ccc2OCc2ccccc2)cc1C(=O)O. The summed E-state index contributed by atoms with van der Waals surface area (Å²) in [4.78, 5) is 23.4. The number of aromatic nitrogens is 1. The van der Waals surface area contributed by atoms with Crippen LogP contribution in [0.2, 0.25) is 0 Å². The average molecular weight is 519 g/mol. The molecule has 0 atom stereocenters. The topological polar surface area (TPSA) is 80.6 Å². The van der Waals surface area contributed by atoms with E-state index in [1.54, 1.807) is 18.2 Å². The number of ether oxygens (including phenoxy) is 1. The molecule has 0 spiro atoms. The van der Waals surface area contributed by atoms with Gasteiger partial charge in [0.25, 0.3) is 0 Å². The van der Waals surface area contributed by atoms with Crippen LogP contribution in [0.1, 0.15) is 28.5 Å². The summed E-state index contributed by atoms with van der Waals surface area (Å²) in [6.07, 6.45) is 0. The van der Waals surface area contributed by atoms with E-state index in [4.69, 9.17) is 4.74 Å². The number of hydrogen-bond acceptors (Lipinski definition) is 3. The Bertz CT molecular complexity index is 1360. The maximum atomic E-state index is 11.9. The van der Waals surface area contributed by atoms with Crippen molar-refractivity contribution in [1.29, 1.82) is 0 Å². The van der Waals surface area contributed by atoms with E-state index in [1.165, 1.54) is 6.92 Å². The number of carbonyl (C=O) groups excluding carboxylic acids is 1. The number of halogens is 1. The van der Waals surface area contributed by atoms with E-state index >= 15 is 0 Å². The van der Waals surface area contributed by atoms with E-state index in [0.29, 0.717) is 18.0 Å². The minimum Gasteiger partial charge on any atom is -0.488 e. The van der Waals surface area contributed by atoms with Crippen LogP contribution in [0.3, 0.4) is 0 Å². The van der Waals surface area contributed by atoms with Gasteiger partial charge >= 0.3 is 5.97 Å². The smallest absolute Gasteiger partial charge is 0.337 e. The van der Waals surface area contributed by atoms with Gasteiger partial charge in [0.05, 0.1) is 16.9 Å². The molecular formula is C27H23BrN2O4. The van der Waals surface area contributed by atoms with Gasteiger partial charge in [0.2, 0.25) is 5.91 Å². The number of carboxylic acid groups (broad SMARTS) is 1. The fourth-order valence-electron chi connectivity index (χ4n) is 3.80. The summed E-state index contributed by atoms with van der Waals surface area (Å²) in [5, 5.41) is 12.3. The van der Waals surface area contributed by atoms with Crippen molar-refractivity contribution in [2.45, 2.75) is 20.5 Å². The van der Waals surface area contributed by atoms with Crippen molar-refractivity contribution in [2.24, 2.45) is 0 Å². The molecule has 0 aliphatic rings. The Kier molecular flexibility index (Phi) is 6.84. The van der Waals surface area contributed by atoms with Crippen molar-refractivity contribution in [3.8, 4) is 22.7 Å². The van der Waals surface area contributed by atoms with Crippen molar-refractivity contribution in [3.63, 3.8) is 0 Å². The van der Waals surface area contributed by atoms with Crippen molar-refractivity contribution in [1.82, 2.24) is 4.57 Å². The number of nitrogens with zero attached hydrogens (tertiary/aromatic N) is 1. The molecule has 0 bridgehead atoms. The van der Waals surface area contributed by atoms with Crippen LogP contribution < -0.4 is 10.1 Å². The van der Waals surface area contributed by atoms with Crippen LogP contribution in [-0.4, -0.2) is 21.6 Å². The van der Waals surface area contributed by atoms with E-state index in [9.17, 15) is 14.7 Å². The third kappa shape index (κ3) is 5.05. The number of benzene rings is 3. The number of nitrogens with one attached hydrogen (secondary N) is 1. The third-order valence-corrected chi connectivity index (χ3v) is 5.83. The predicted octanol–water partition coefficient (Wildman–Crippen LogP) is 6.45. The molecule has 0 aliphatic heterocycles. The highest BCUT2D eigenvalue weighted by atomic mass is 79.9. The first-order valence-electron chi connectivity index (χ1n) is 10.6. The highest BCUT2D eigenvalue weighted by molar-refractivity contribution is 9.10. The first kappa shape index (κ1) is 23.3. The standard InChI is InChI=1S/C27H23BrN2O4/c1-17-8-12-25(30(17)21-10-11-24(29-18(2)31)22(15-21)27(32)33)23-14-20(28)9-13-26(23)34-16-19-6-4-3-5-7-19/h3-15H,16H2,1-2H3,(H,29,31)(H,32,33). The summed E-state index contributed by atoms with van der Waals surface area (Å²) in [6.45, 7) is 3.72. The minimum atomic E-state index is -1.12. The van der Waals surface area contributed by atoms with Crippen LogP contribution in [0.4, 0.5) is 5.69 Å². The Labute approximate surface area is 205 Å². The van der Waals surface area contributed by atoms with Crippen molar-refractivity contribution in [2.75, 3.05) is 5.32 Å². The largest absolute Gasteiger partial charge is 0.488 e. The maximum Gasteiger partial charge on any atom is 0.337 e. The van der Waals surface area contributed by atoms with Crippen LogP contribution in [0.25, 0.3) is 16.9 Å². The first-order chi connectivity index (χ1) is 16.3. The summed E-state index contributed by atoms with van der Waals surface area (Å²) in [6, 6.07) is 24.7. The summed E-state index contributed by atoms with van der Waals surface area (Å²) in [5.41, 5.74) is 4.63. The van der Waals surface area contributed by atoms with Gasteiger partial charge in [0.1, 0.15) is 12.4 Å². The number of amides is 1. The summed E-state index contributed by atoms with van der Waals surface area (Å²) < 4.78 is 9.05. The quantitative estimate of drug-likeness (QED) is 0.294. The van der Waals surface area contributed by atoms with Crippen molar-refractivity contribution < 1.29 is 19.4 Å². The Balaban J connectivity index is 1.78. The van der Waals surface area contributed by atoms with Gasteiger partial charge in [-0.2, -0.15) is 0 Å². The zero-order valence-corrected chi connectivity index (χ0v) is 20.3. The van der Waals surface area contributed by atoms with E-state index in [0.717, 1.165) is 27.0 Å². The second kappa shape index (κ2) is 9.97. The van der Waals surface area contributed by atoms with Crippen LogP contribution >= 0.6 is 15.9 Å². The number of aromatic carboxylic acids is 1. The van der Waals surface area contributed by atoms with Crippen molar-refractivity contribution in [3.05, 3.63) is 100 Å². The molecule has 7 heteroatoms. The molecule has 0 radical (unpaired) electrons. The molecule has 0 saturated heterocycles. The van der Waals surface area contributed by atoms with Crippen LogP contribution in [0, 0.1) is 6.92 Å². The molecule has 0 unspecified atom stereocenters. The third-order valence-electron chi connectivity index (χ3n) is 5.33. The lowest BCUT2D eigenvalue weighted by Gasteiger charge is -2.17. The Morgan fingerprint density at radius 1 is 1.00 bits per heavy atom. The monoisotopic (exact) mass is 518 g/mol. The molecule has 3 aromatic carbocycles. The molecular weight excluding hydrogens is 496 g/mol. The lowest BCUT2D eigenvalue weighted by molar-refractivity contribution is -0.114. The molecule has 1 heterocycles. The predicted molar refractivity (Wildman–Crippen MR) is 136 cm³/mol. The van der Waals surface area contributed by atoms with Crippen LogP contribution in [0.5, 0.6) is 5.75 Å². The highest BCUT2D eigenvalue weighted by Crippen LogP contribution is 2.36. The molecule has 4 aromatic rings. The Morgan fingerprint density at radius 2 is 1.76 bits per heavy atom. The van der Waals surface area contributed by atoms with Crippen molar-refractivity contribution >= 4 is 33.5 Å². The van der Waals surface area contributed by atoms with Crippen LogP contribution in [0.15, 0.2) is 83.3 Å². The number of hydrogen-bond donors (Lipinski definition) is 2. The van der Waals surface area contributed by atoms with E-state index in [2.05, 4.69) is 21.2 Å². The molecule has 6 nitrogen and oxygen atoms in total. The Morgan fingerprint density at radius 3 is 2.47 bits per heavy atom. The van der Waals surface area contributed by atoms with Gasteiger partial charge in [-0.05, 0) is 61.0 Å². The second-order valence-electron chi connectivity index (χ2n) is 7.83. The maximum absolute atomic E-state index is 11.9. The van der Waals surface area contributed by atoms with Gasteiger partial charge in [-0.15, -0.1) is 0 Å². The zero-order chi connectivity index (χ0) is 24.2. The van der Waals surface area contributed by atoms with Gasteiger partial charge in [-0.25, -0.2) is 4.79 Å². The number of anilines is 1. The fourth-order valence-corrected chi connectivity index (χ4v) is 4.16. The van der Waals surface area contributed by atoms with E-state index < -0.39 is 5.97 Å². The molecule has 1 amide bonds. The molecule has 0 aliphatic carbocycles. The van der Waals surface area contributed by atoms with Gasteiger partial charge in [-0.1, -0.05) is 46.3 Å². The Hall–Kier alpha value is -3.84. The van der Waals surface area contributed by atoms with E-state index in [-0.39, 0.29) is 17.2 Å². The second-order valence-corrected chi connectivity index (χ2v) is 8.74. The molecule has 34 heavy (non-hydrogen) atoms. The molecule has 1 aromatic heterocycles. The summed E-state index contributed by atoms with van der Waals surface area (Å²) in [7, 11) is 0. The minimum absolute atomic E-state index is 0.0153. The number of rotatable bonds is 7. The number of carbonyl (C=O) groups is 2. The molecule has 2 N–H and O–H groups in total.